The molecule has 15 heavy (non-hydrogen) atoms. The van der Waals surface area contributed by atoms with Crippen LogP contribution in [0.5, 0.6) is 0 Å². The van der Waals surface area contributed by atoms with Crippen LogP contribution in [0.1, 0.15) is 25.6 Å². The monoisotopic (exact) mass is 223 g/mol. The Balaban J connectivity index is 2.47. The molecule has 80 valence electrons. The molecule has 0 spiro atoms. The molecule has 2 nitrogen and oxygen atoms in total. The standard InChI is InChI=1S/C12H14ClNO/c1-7(2)12(14)11-6-8-5-9(13)3-4-10(8)15-11/h3-7,12H,14H2,1-2H3. The number of hydrogen-bond donors (Lipinski definition) is 1. The van der Waals surface area contributed by atoms with Crippen molar-refractivity contribution in [3.05, 3.63) is 35.0 Å². The van der Waals surface area contributed by atoms with Crippen LogP contribution < -0.4 is 5.73 Å². The maximum absolute atomic E-state index is 6.01. The highest BCUT2D eigenvalue weighted by Gasteiger charge is 2.15. The summed E-state index contributed by atoms with van der Waals surface area (Å²) >= 11 is 5.90. The molecule has 1 unspecified atom stereocenters. The minimum absolute atomic E-state index is 0.0591. The van der Waals surface area contributed by atoms with E-state index in [1.54, 1.807) is 0 Å². The van der Waals surface area contributed by atoms with Gasteiger partial charge in [-0.25, -0.2) is 0 Å². The second-order valence-electron chi connectivity index (χ2n) is 4.10. The average Bonchev–Trinajstić information content (AvgIpc) is 2.58. The summed E-state index contributed by atoms with van der Waals surface area (Å²) in [6, 6.07) is 7.48. The smallest absolute Gasteiger partial charge is 0.134 e. The normalized spacial score (nSPS) is 13.7. The maximum atomic E-state index is 6.01. The first-order valence-corrected chi connectivity index (χ1v) is 5.40. The lowest BCUT2D eigenvalue weighted by atomic mass is 10.0. The van der Waals surface area contributed by atoms with Crippen LogP contribution >= 0.6 is 11.6 Å². The minimum Gasteiger partial charge on any atom is -0.459 e. The number of rotatable bonds is 2. The summed E-state index contributed by atoms with van der Waals surface area (Å²) in [5.74, 6) is 1.18. The topological polar surface area (TPSA) is 39.2 Å². The zero-order chi connectivity index (χ0) is 11.0. The molecule has 1 aromatic carbocycles. The van der Waals surface area contributed by atoms with Crippen LogP contribution in [0.25, 0.3) is 11.0 Å². The highest BCUT2D eigenvalue weighted by molar-refractivity contribution is 6.31. The van der Waals surface area contributed by atoms with Crippen LogP contribution in [0.2, 0.25) is 5.02 Å². The van der Waals surface area contributed by atoms with Crippen LogP contribution in [0, 0.1) is 5.92 Å². The molecule has 0 saturated heterocycles. The van der Waals surface area contributed by atoms with E-state index in [1.165, 1.54) is 0 Å². The molecular weight excluding hydrogens is 210 g/mol. The van der Waals surface area contributed by atoms with Gasteiger partial charge in [-0.1, -0.05) is 25.4 Å². The third kappa shape index (κ3) is 2.01. The molecule has 0 fully saturated rings. The molecule has 0 aliphatic carbocycles. The number of benzene rings is 1. The van der Waals surface area contributed by atoms with E-state index < -0.39 is 0 Å². The van der Waals surface area contributed by atoms with Crippen molar-refractivity contribution in [2.75, 3.05) is 0 Å². The first-order valence-electron chi connectivity index (χ1n) is 5.02. The maximum Gasteiger partial charge on any atom is 0.134 e. The molecule has 1 heterocycles. The molecule has 1 atom stereocenters. The van der Waals surface area contributed by atoms with E-state index in [2.05, 4.69) is 13.8 Å². The van der Waals surface area contributed by atoms with Gasteiger partial charge in [-0.05, 0) is 30.2 Å². The van der Waals surface area contributed by atoms with Crippen molar-refractivity contribution in [1.82, 2.24) is 0 Å². The van der Waals surface area contributed by atoms with E-state index in [-0.39, 0.29) is 6.04 Å². The molecule has 0 amide bonds. The molecule has 0 bridgehead atoms. The van der Waals surface area contributed by atoms with Crippen LogP contribution in [0.4, 0.5) is 0 Å². The molecule has 2 aromatic rings. The number of hydrogen-bond acceptors (Lipinski definition) is 2. The third-order valence-corrected chi connectivity index (χ3v) is 2.78. The number of fused-ring (bicyclic) bond motifs is 1. The Morgan fingerprint density at radius 3 is 2.67 bits per heavy atom. The number of furan rings is 1. The van der Waals surface area contributed by atoms with Gasteiger partial charge in [0.25, 0.3) is 0 Å². The fourth-order valence-electron chi connectivity index (χ4n) is 1.53. The summed E-state index contributed by atoms with van der Waals surface area (Å²) in [6.07, 6.45) is 0. The molecule has 0 radical (unpaired) electrons. The van der Waals surface area contributed by atoms with Gasteiger partial charge in [0.15, 0.2) is 0 Å². The lowest BCUT2D eigenvalue weighted by molar-refractivity contribution is 0.418. The molecule has 2 rings (SSSR count). The summed E-state index contributed by atoms with van der Waals surface area (Å²) in [6.45, 7) is 4.15. The van der Waals surface area contributed by atoms with Crippen LogP contribution in [0.3, 0.4) is 0 Å². The van der Waals surface area contributed by atoms with Gasteiger partial charge in [-0.15, -0.1) is 0 Å². The highest BCUT2D eigenvalue weighted by Crippen LogP contribution is 2.28. The largest absolute Gasteiger partial charge is 0.459 e. The van der Waals surface area contributed by atoms with Crippen LogP contribution in [0.15, 0.2) is 28.7 Å². The Morgan fingerprint density at radius 1 is 1.27 bits per heavy atom. The van der Waals surface area contributed by atoms with Crippen LogP contribution in [-0.4, -0.2) is 0 Å². The molecule has 0 aliphatic rings. The predicted molar refractivity (Wildman–Crippen MR) is 63.0 cm³/mol. The quantitative estimate of drug-likeness (QED) is 0.843. The van der Waals surface area contributed by atoms with Crippen molar-refractivity contribution in [2.45, 2.75) is 19.9 Å². The Morgan fingerprint density at radius 2 is 2.00 bits per heavy atom. The van der Waals surface area contributed by atoms with Gasteiger partial charge in [0.1, 0.15) is 11.3 Å². The van der Waals surface area contributed by atoms with Gasteiger partial charge in [0.2, 0.25) is 0 Å². The minimum atomic E-state index is -0.0591. The number of nitrogens with two attached hydrogens (primary N) is 1. The summed E-state index contributed by atoms with van der Waals surface area (Å²) in [7, 11) is 0. The average molecular weight is 224 g/mol. The van der Waals surface area contributed by atoms with Gasteiger partial charge >= 0.3 is 0 Å². The summed E-state index contributed by atoms with van der Waals surface area (Å²) in [5.41, 5.74) is 6.85. The molecule has 2 N–H and O–H groups in total. The van der Waals surface area contributed by atoms with Gasteiger partial charge in [0, 0.05) is 10.4 Å². The van der Waals surface area contributed by atoms with E-state index in [4.69, 9.17) is 21.8 Å². The van der Waals surface area contributed by atoms with Gasteiger partial charge in [-0.2, -0.15) is 0 Å². The molecule has 1 aromatic heterocycles. The zero-order valence-corrected chi connectivity index (χ0v) is 9.58. The van der Waals surface area contributed by atoms with E-state index in [1.807, 2.05) is 24.3 Å². The summed E-state index contributed by atoms with van der Waals surface area (Å²) in [4.78, 5) is 0. The van der Waals surface area contributed by atoms with Crippen molar-refractivity contribution < 1.29 is 4.42 Å². The zero-order valence-electron chi connectivity index (χ0n) is 8.83. The predicted octanol–water partition coefficient (Wildman–Crippen LogP) is 3.74. The second kappa shape index (κ2) is 3.87. The SMILES string of the molecule is CC(C)C(N)c1cc2cc(Cl)ccc2o1. The van der Waals surface area contributed by atoms with Crippen molar-refractivity contribution in [1.29, 1.82) is 0 Å². The van der Waals surface area contributed by atoms with E-state index in [0.29, 0.717) is 10.9 Å². The second-order valence-corrected chi connectivity index (χ2v) is 4.54. The Labute approximate surface area is 94.0 Å². The molecule has 3 heteroatoms. The molecule has 0 saturated carbocycles. The van der Waals surface area contributed by atoms with Gasteiger partial charge in [-0.3, -0.25) is 0 Å². The number of halogens is 1. The first-order chi connectivity index (χ1) is 7.08. The van der Waals surface area contributed by atoms with Crippen molar-refractivity contribution in [3.63, 3.8) is 0 Å². The first kappa shape index (κ1) is 10.5. The van der Waals surface area contributed by atoms with Crippen LogP contribution in [-0.2, 0) is 0 Å². The Bertz CT molecular complexity index is 475. The Kier molecular flexibility index (Phi) is 2.72. The highest BCUT2D eigenvalue weighted by atomic mass is 35.5. The fourth-order valence-corrected chi connectivity index (χ4v) is 1.71. The lowest BCUT2D eigenvalue weighted by Gasteiger charge is -2.11. The van der Waals surface area contributed by atoms with Crippen molar-refractivity contribution >= 4 is 22.6 Å². The summed E-state index contributed by atoms with van der Waals surface area (Å²) in [5, 5.41) is 1.72. The van der Waals surface area contributed by atoms with E-state index in [0.717, 1.165) is 16.7 Å². The molecule has 0 aliphatic heterocycles. The summed E-state index contributed by atoms with van der Waals surface area (Å²) < 4.78 is 5.66. The lowest BCUT2D eigenvalue weighted by Crippen LogP contribution is -2.15. The van der Waals surface area contributed by atoms with Crippen molar-refractivity contribution in [3.8, 4) is 0 Å². The third-order valence-electron chi connectivity index (χ3n) is 2.54. The van der Waals surface area contributed by atoms with Gasteiger partial charge in [0.05, 0.1) is 6.04 Å². The molecular formula is C12H14ClNO. The van der Waals surface area contributed by atoms with Crippen molar-refractivity contribution in [2.24, 2.45) is 11.7 Å². The van der Waals surface area contributed by atoms with Gasteiger partial charge < -0.3 is 10.2 Å². The van der Waals surface area contributed by atoms with E-state index in [9.17, 15) is 0 Å². The fraction of sp³-hybridized carbons (Fsp3) is 0.333. The van der Waals surface area contributed by atoms with E-state index >= 15 is 0 Å². The Hall–Kier alpha value is -0.990.